The smallest absolute Gasteiger partial charge is 0.321 e. The summed E-state index contributed by atoms with van der Waals surface area (Å²) in [5.74, 6) is 0.784. The van der Waals surface area contributed by atoms with E-state index >= 15 is 0 Å². The number of nitrogens with one attached hydrogen (secondary N) is 2. The number of thiazole rings is 1. The van der Waals surface area contributed by atoms with Crippen LogP contribution in [0.3, 0.4) is 0 Å². The first kappa shape index (κ1) is 13.6. The molecule has 6 heteroatoms. The molecule has 0 aliphatic heterocycles. The number of rotatable bonds is 4. The Hall–Kier alpha value is -1.82. The van der Waals surface area contributed by atoms with Crippen molar-refractivity contribution in [1.29, 1.82) is 0 Å². The number of nitrogens with zero attached hydrogens (tertiary/aromatic N) is 1. The van der Waals surface area contributed by atoms with Crippen LogP contribution < -0.4 is 15.4 Å². The first-order valence-corrected chi connectivity index (χ1v) is 6.96. The third kappa shape index (κ3) is 3.35. The molecule has 0 aliphatic carbocycles. The zero-order chi connectivity index (χ0) is 13.8. The molecule has 0 aliphatic rings. The first-order chi connectivity index (χ1) is 9.12. The molecule has 0 bridgehead atoms. The number of carbonyl (C=O) groups excluding carboxylic acids is 1. The second kappa shape index (κ2) is 5.88. The molecule has 0 radical (unpaired) electrons. The lowest BCUT2D eigenvalue weighted by molar-refractivity contribution is 0.249. The van der Waals surface area contributed by atoms with E-state index in [4.69, 9.17) is 4.74 Å². The van der Waals surface area contributed by atoms with Gasteiger partial charge < -0.3 is 10.1 Å². The van der Waals surface area contributed by atoms with E-state index in [1.165, 1.54) is 11.3 Å². The predicted octanol–water partition coefficient (Wildman–Crippen LogP) is 3.22. The Bertz CT molecular complexity index is 582. The minimum atomic E-state index is -0.222. The maximum absolute atomic E-state index is 11.7. The van der Waals surface area contributed by atoms with E-state index in [1.807, 2.05) is 32.0 Å². The zero-order valence-corrected chi connectivity index (χ0v) is 12.0. The lowest BCUT2D eigenvalue weighted by Gasteiger charge is -2.10. The average molecular weight is 279 g/mol. The highest BCUT2D eigenvalue weighted by atomic mass is 32.1. The fraction of sp³-hybridized carbons (Fsp3) is 0.385. The maximum Gasteiger partial charge on any atom is 0.321 e. The average Bonchev–Trinajstić information content (AvgIpc) is 2.78. The van der Waals surface area contributed by atoms with Crippen LogP contribution >= 0.6 is 11.3 Å². The Labute approximate surface area is 116 Å². The number of benzene rings is 1. The van der Waals surface area contributed by atoms with E-state index in [2.05, 4.69) is 15.6 Å². The SMILES string of the molecule is CCC(C)NC(=O)Nc1nc2ccc(OC)cc2s1. The summed E-state index contributed by atoms with van der Waals surface area (Å²) in [7, 11) is 1.63. The first-order valence-electron chi connectivity index (χ1n) is 6.14. The monoisotopic (exact) mass is 279 g/mol. The van der Waals surface area contributed by atoms with Gasteiger partial charge >= 0.3 is 6.03 Å². The quantitative estimate of drug-likeness (QED) is 0.903. The molecule has 0 saturated heterocycles. The van der Waals surface area contributed by atoms with E-state index in [0.29, 0.717) is 5.13 Å². The van der Waals surface area contributed by atoms with Crippen molar-refractivity contribution in [2.45, 2.75) is 26.3 Å². The summed E-state index contributed by atoms with van der Waals surface area (Å²) in [4.78, 5) is 16.1. The van der Waals surface area contributed by atoms with Crippen LogP contribution in [0, 0.1) is 0 Å². The number of aromatic nitrogens is 1. The molecule has 2 amide bonds. The number of fused-ring (bicyclic) bond motifs is 1. The van der Waals surface area contributed by atoms with Crippen molar-refractivity contribution in [2.24, 2.45) is 0 Å². The van der Waals surface area contributed by atoms with Crippen molar-refractivity contribution >= 4 is 32.7 Å². The summed E-state index contributed by atoms with van der Waals surface area (Å²) in [6.07, 6.45) is 0.893. The Morgan fingerprint density at radius 2 is 2.32 bits per heavy atom. The number of carbonyl (C=O) groups is 1. The number of hydrogen-bond donors (Lipinski definition) is 2. The highest BCUT2D eigenvalue weighted by Crippen LogP contribution is 2.28. The van der Waals surface area contributed by atoms with Crippen molar-refractivity contribution < 1.29 is 9.53 Å². The summed E-state index contributed by atoms with van der Waals surface area (Å²) in [6, 6.07) is 5.56. The topological polar surface area (TPSA) is 63.2 Å². The van der Waals surface area contributed by atoms with Crippen LogP contribution in [0.4, 0.5) is 9.93 Å². The van der Waals surface area contributed by atoms with Crippen LogP contribution in [-0.2, 0) is 0 Å². The number of urea groups is 1. The minimum Gasteiger partial charge on any atom is -0.497 e. The Balaban J connectivity index is 2.11. The van der Waals surface area contributed by atoms with Crippen LogP contribution in [0.25, 0.3) is 10.2 Å². The molecule has 0 spiro atoms. The van der Waals surface area contributed by atoms with E-state index in [-0.39, 0.29) is 12.1 Å². The van der Waals surface area contributed by atoms with Gasteiger partial charge in [0.15, 0.2) is 5.13 Å². The molecular weight excluding hydrogens is 262 g/mol. The third-order valence-electron chi connectivity index (χ3n) is 2.81. The van der Waals surface area contributed by atoms with E-state index in [9.17, 15) is 4.79 Å². The lowest BCUT2D eigenvalue weighted by atomic mass is 10.3. The van der Waals surface area contributed by atoms with Crippen LogP contribution in [0.5, 0.6) is 5.75 Å². The summed E-state index contributed by atoms with van der Waals surface area (Å²) in [6.45, 7) is 3.98. The molecule has 1 heterocycles. The molecule has 2 N–H and O–H groups in total. The number of methoxy groups -OCH3 is 1. The number of hydrogen-bond acceptors (Lipinski definition) is 4. The molecular formula is C13H17N3O2S. The largest absolute Gasteiger partial charge is 0.497 e. The van der Waals surface area contributed by atoms with Gasteiger partial charge in [0.05, 0.1) is 17.3 Å². The number of ether oxygens (including phenoxy) is 1. The van der Waals surface area contributed by atoms with Crippen molar-refractivity contribution in [3.63, 3.8) is 0 Å². The van der Waals surface area contributed by atoms with Gasteiger partial charge in [-0.15, -0.1) is 0 Å². The summed E-state index contributed by atoms with van der Waals surface area (Å²) in [5, 5.41) is 6.17. The van der Waals surface area contributed by atoms with Crippen LogP contribution in [0.15, 0.2) is 18.2 Å². The lowest BCUT2D eigenvalue weighted by Crippen LogP contribution is -2.35. The molecule has 0 fully saturated rings. The van der Waals surface area contributed by atoms with E-state index in [1.54, 1.807) is 7.11 Å². The molecule has 0 saturated carbocycles. The second-order valence-electron chi connectivity index (χ2n) is 4.26. The van der Waals surface area contributed by atoms with Crippen molar-refractivity contribution in [3.8, 4) is 5.75 Å². The second-order valence-corrected chi connectivity index (χ2v) is 5.29. The molecule has 1 atom stereocenters. The molecule has 5 nitrogen and oxygen atoms in total. The third-order valence-corrected chi connectivity index (χ3v) is 3.74. The van der Waals surface area contributed by atoms with Gasteiger partial charge in [0, 0.05) is 6.04 Å². The van der Waals surface area contributed by atoms with Gasteiger partial charge in [0.1, 0.15) is 5.75 Å². The highest BCUT2D eigenvalue weighted by molar-refractivity contribution is 7.22. The van der Waals surface area contributed by atoms with Crippen LogP contribution in [-0.4, -0.2) is 24.2 Å². The molecule has 2 aromatic rings. The maximum atomic E-state index is 11.7. The summed E-state index contributed by atoms with van der Waals surface area (Å²) < 4.78 is 6.14. The molecule has 19 heavy (non-hydrogen) atoms. The minimum absolute atomic E-state index is 0.148. The normalized spacial score (nSPS) is 12.2. The predicted molar refractivity (Wildman–Crippen MR) is 78.1 cm³/mol. The fourth-order valence-electron chi connectivity index (χ4n) is 1.54. The van der Waals surface area contributed by atoms with Crippen molar-refractivity contribution in [2.75, 3.05) is 12.4 Å². The number of anilines is 1. The van der Waals surface area contributed by atoms with Gasteiger partial charge in [-0.25, -0.2) is 9.78 Å². The van der Waals surface area contributed by atoms with Crippen LogP contribution in [0.2, 0.25) is 0 Å². The molecule has 2 rings (SSSR count). The van der Waals surface area contributed by atoms with Gasteiger partial charge in [-0.3, -0.25) is 5.32 Å². The Morgan fingerprint density at radius 3 is 3.00 bits per heavy atom. The Kier molecular flexibility index (Phi) is 4.21. The van der Waals surface area contributed by atoms with Crippen molar-refractivity contribution in [1.82, 2.24) is 10.3 Å². The molecule has 102 valence electrons. The molecule has 1 unspecified atom stereocenters. The standard InChI is InChI=1S/C13H17N3O2S/c1-4-8(2)14-12(17)16-13-15-10-6-5-9(18-3)7-11(10)19-13/h5-8H,4H2,1-3H3,(H2,14,15,16,17). The number of amides is 2. The Morgan fingerprint density at radius 1 is 1.53 bits per heavy atom. The van der Waals surface area contributed by atoms with Crippen molar-refractivity contribution in [3.05, 3.63) is 18.2 Å². The highest BCUT2D eigenvalue weighted by Gasteiger charge is 2.09. The van der Waals surface area contributed by atoms with Crippen LogP contribution in [0.1, 0.15) is 20.3 Å². The molecule has 1 aromatic heterocycles. The van der Waals surface area contributed by atoms with E-state index in [0.717, 1.165) is 22.4 Å². The molecule has 1 aromatic carbocycles. The van der Waals surface area contributed by atoms with Gasteiger partial charge in [-0.1, -0.05) is 18.3 Å². The summed E-state index contributed by atoms with van der Waals surface area (Å²) >= 11 is 1.43. The van der Waals surface area contributed by atoms with E-state index < -0.39 is 0 Å². The summed E-state index contributed by atoms with van der Waals surface area (Å²) in [5.41, 5.74) is 0.852. The zero-order valence-electron chi connectivity index (χ0n) is 11.2. The van der Waals surface area contributed by atoms with Gasteiger partial charge in [0.25, 0.3) is 0 Å². The van der Waals surface area contributed by atoms with Gasteiger partial charge in [-0.05, 0) is 31.5 Å². The van der Waals surface area contributed by atoms with Gasteiger partial charge in [0.2, 0.25) is 0 Å². The van der Waals surface area contributed by atoms with Gasteiger partial charge in [-0.2, -0.15) is 0 Å². The fourth-order valence-corrected chi connectivity index (χ4v) is 2.43.